The maximum absolute atomic E-state index is 12.0. The highest BCUT2D eigenvalue weighted by molar-refractivity contribution is 7.91. The van der Waals surface area contributed by atoms with Crippen molar-refractivity contribution in [1.82, 2.24) is 4.90 Å². The SMILES string of the molecule is CN(C(=O)C[n+]1ccccc1)C1CCS(=O)(=O)C1.[Cl-]. The number of sulfone groups is 1. The first-order valence-electron chi connectivity index (χ1n) is 5.88. The van der Waals surface area contributed by atoms with E-state index in [1.807, 2.05) is 30.6 Å². The lowest BCUT2D eigenvalue weighted by Crippen LogP contribution is -3.00. The van der Waals surface area contributed by atoms with Crippen molar-refractivity contribution in [3.63, 3.8) is 0 Å². The van der Waals surface area contributed by atoms with Crippen molar-refractivity contribution in [1.29, 1.82) is 0 Å². The molecule has 7 heteroatoms. The third-order valence-electron chi connectivity index (χ3n) is 3.24. The molecular weight excluding hydrogens is 288 g/mol. The second kappa shape index (κ2) is 6.34. The summed E-state index contributed by atoms with van der Waals surface area (Å²) < 4.78 is 24.5. The van der Waals surface area contributed by atoms with Crippen LogP contribution in [-0.4, -0.2) is 43.8 Å². The van der Waals surface area contributed by atoms with E-state index in [1.165, 1.54) is 0 Å². The van der Waals surface area contributed by atoms with Crippen LogP contribution in [-0.2, 0) is 21.2 Å². The molecule has 5 nitrogen and oxygen atoms in total. The highest BCUT2D eigenvalue weighted by Gasteiger charge is 2.33. The number of halogens is 1. The van der Waals surface area contributed by atoms with Gasteiger partial charge in [-0.3, -0.25) is 4.79 Å². The van der Waals surface area contributed by atoms with Gasteiger partial charge in [-0.25, -0.2) is 8.42 Å². The lowest BCUT2D eigenvalue weighted by Gasteiger charge is -2.21. The zero-order valence-electron chi connectivity index (χ0n) is 10.7. The maximum Gasteiger partial charge on any atom is 0.288 e. The van der Waals surface area contributed by atoms with Gasteiger partial charge in [-0.1, -0.05) is 6.07 Å². The van der Waals surface area contributed by atoms with Gasteiger partial charge in [0.05, 0.1) is 11.5 Å². The minimum absolute atomic E-state index is 0. The topological polar surface area (TPSA) is 58.3 Å². The van der Waals surface area contributed by atoms with Crippen LogP contribution in [0.5, 0.6) is 0 Å². The smallest absolute Gasteiger partial charge is 0.288 e. The van der Waals surface area contributed by atoms with Gasteiger partial charge in [-0.05, 0) is 6.42 Å². The van der Waals surface area contributed by atoms with Crippen LogP contribution in [0.1, 0.15) is 6.42 Å². The molecule has 1 aromatic heterocycles. The Kier molecular flexibility index (Phi) is 5.31. The van der Waals surface area contributed by atoms with E-state index in [2.05, 4.69) is 0 Å². The molecule has 1 aliphatic heterocycles. The minimum Gasteiger partial charge on any atom is -1.00 e. The quantitative estimate of drug-likeness (QED) is 0.548. The van der Waals surface area contributed by atoms with Gasteiger partial charge in [0.15, 0.2) is 22.2 Å². The fourth-order valence-corrected chi connectivity index (χ4v) is 3.87. The summed E-state index contributed by atoms with van der Waals surface area (Å²) in [5.41, 5.74) is 0. The second-order valence-electron chi connectivity index (χ2n) is 4.61. The van der Waals surface area contributed by atoms with Crippen molar-refractivity contribution < 1.29 is 30.2 Å². The molecule has 0 spiro atoms. The standard InChI is InChI=1S/C12H17N2O3S.ClH/c1-13(11-5-8-18(16,17)10-11)12(15)9-14-6-3-2-4-7-14;/h2-4,6-7,11H,5,8-10H2,1H3;1H/q+1;/p-1. The van der Waals surface area contributed by atoms with Crippen LogP contribution in [0.25, 0.3) is 0 Å². The van der Waals surface area contributed by atoms with Gasteiger partial charge in [-0.15, -0.1) is 0 Å². The van der Waals surface area contributed by atoms with Crippen LogP contribution in [0.15, 0.2) is 30.6 Å². The molecule has 2 rings (SSSR count). The molecule has 19 heavy (non-hydrogen) atoms. The zero-order valence-corrected chi connectivity index (χ0v) is 12.3. The predicted octanol–water partition coefficient (Wildman–Crippen LogP) is -3.38. The number of rotatable bonds is 3. The van der Waals surface area contributed by atoms with Crippen molar-refractivity contribution in [3.8, 4) is 0 Å². The Balaban J connectivity index is 0.00000180. The summed E-state index contributed by atoms with van der Waals surface area (Å²) in [5, 5.41) is 0. The predicted molar refractivity (Wildman–Crippen MR) is 66.5 cm³/mol. The normalized spacial score (nSPS) is 20.6. The molecule has 1 atom stereocenters. The van der Waals surface area contributed by atoms with E-state index in [9.17, 15) is 13.2 Å². The number of pyridine rings is 1. The van der Waals surface area contributed by atoms with E-state index in [-0.39, 0.29) is 42.4 Å². The Hall–Kier alpha value is -1.14. The molecule has 2 heterocycles. The summed E-state index contributed by atoms with van der Waals surface area (Å²) in [7, 11) is -1.27. The van der Waals surface area contributed by atoms with Gasteiger partial charge < -0.3 is 17.3 Å². The highest BCUT2D eigenvalue weighted by atomic mass is 35.5. The Labute approximate surface area is 119 Å². The van der Waals surface area contributed by atoms with E-state index >= 15 is 0 Å². The summed E-state index contributed by atoms with van der Waals surface area (Å²) in [6, 6.07) is 5.42. The third-order valence-corrected chi connectivity index (χ3v) is 5.00. The Morgan fingerprint density at radius 2 is 1.95 bits per heavy atom. The van der Waals surface area contributed by atoms with Crippen molar-refractivity contribution in [3.05, 3.63) is 30.6 Å². The van der Waals surface area contributed by atoms with Crippen LogP contribution in [0.2, 0.25) is 0 Å². The van der Waals surface area contributed by atoms with Crippen molar-refractivity contribution in [2.45, 2.75) is 19.0 Å². The van der Waals surface area contributed by atoms with Gasteiger partial charge >= 0.3 is 0 Å². The zero-order chi connectivity index (χ0) is 13.2. The first-order chi connectivity index (χ1) is 8.48. The Morgan fingerprint density at radius 1 is 1.32 bits per heavy atom. The van der Waals surface area contributed by atoms with E-state index in [0.717, 1.165) is 0 Å². The lowest BCUT2D eigenvalue weighted by atomic mass is 10.2. The minimum atomic E-state index is -2.95. The number of amides is 1. The van der Waals surface area contributed by atoms with Crippen LogP contribution < -0.4 is 17.0 Å². The summed E-state index contributed by atoms with van der Waals surface area (Å²) >= 11 is 0. The fourth-order valence-electron chi connectivity index (χ4n) is 2.09. The van der Waals surface area contributed by atoms with E-state index in [0.29, 0.717) is 6.42 Å². The summed E-state index contributed by atoms with van der Waals surface area (Å²) in [6.45, 7) is 0.244. The third kappa shape index (κ3) is 4.18. The number of hydrogen-bond donors (Lipinski definition) is 0. The largest absolute Gasteiger partial charge is 1.00 e. The molecule has 0 aromatic carbocycles. The van der Waals surface area contributed by atoms with Crippen LogP contribution in [0.4, 0.5) is 0 Å². The van der Waals surface area contributed by atoms with Gasteiger partial charge in [-0.2, -0.15) is 4.57 Å². The summed E-state index contributed by atoms with van der Waals surface area (Å²) in [4.78, 5) is 13.6. The maximum atomic E-state index is 12.0. The highest BCUT2D eigenvalue weighted by Crippen LogP contribution is 2.16. The van der Waals surface area contributed by atoms with E-state index in [1.54, 1.807) is 16.5 Å². The molecular formula is C12H17ClN2O3S. The van der Waals surface area contributed by atoms with Gasteiger partial charge in [0, 0.05) is 25.2 Å². The van der Waals surface area contributed by atoms with Crippen molar-refractivity contribution >= 4 is 15.7 Å². The number of nitrogens with zero attached hydrogens (tertiary/aromatic N) is 2. The first-order valence-corrected chi connectivity index (χ1v) is 7.70. The van der Waals surface area contributed by atoms with Gasteiger partial charge in [0.1, 0.15) is 0 Å². The average Bonchev–Trinajstić information content (AvgIpc) is 2.70. The molecule has 0 radical (unpaired) electrons. The van der Waals surface area contributed by atoms with Crippen LogP contribution >= 0.6 is 0 Å². The Morgan fingerprint density at radius 3 is 2.47 bits per heavy atom. The number of carbonyl (C=O) groups is 1. The number of aromatic nitrogens is 1. The molecule has 1 fully saturated rings. The van der Waals surface area contributed by atoms with Crippen LogP contribution in [0.3, 0.4) is 0 Å². The number of hydrogen-bond acceptors (Lipinski definition) is 3. The molecule has 1 amide bonds. The molecule has 0 aliphatic carbocycles. The van der Waals surface area contributed by atoms with Crippen molar-refractivity contribution in [2.75, 3.05) is 18.6 Å². The number of likely N-dealkylation sites (N-methyl/N-ethyl adjacent to an activating group) is 1. The number of carbonyl (C=O) groups excluding carboxylic acids is 1. The molecule has 1 aromatic rings. The average molecular weight is 305 g/mol. The first kappa shape index (κ1) is 15.9. The monoisotopic (exact) mass is 304 g/mol. The second-order valence-corrected chi connectivity index (χ2v) is 6.84. The van der Waals surface area contributed by atoms with Gasteiger partial charge in [0.2, 0.25) is 6.54 Å². The van der Waals surface area contributed by atoms with Crippen LogP contribution in [0, 0.1) is 0 Å². The molecule has 1 aliphatic rings. The summed E-state index contributed by atoms with van der Waals surface area (Å²) in [5.74, 6) is 0.218. The van der Waals surface area contributed by atoms with E-state index < -0.39 is 9.84 Å². The molecule has 0 saturated carbocycles. The molecule has 0 bridgehead atoms. The molecule has 1 unspecified atom stereocenters. The lowest BCUT2D eigenvalue weighted by molar-refractivity contribution is -0.685. The summed E-state index contributed by atoms with van der Waals surface area (Å²) in [6.07, 6.45) is 4.18. The van der Waals surface area contributed by atoms with Crippen molar-refractivity contribution in [2.24, 2.45) is 0 Å². The molecule has 0 N–H and O–H groups in total. The Bertz CT molecular complexity index is 533. The molecule has 106 valence electrons. The fraction of sp³-hybridized carbons (Fsp3) is 0.500. The molecule has 1 saturated heterocycles. The van der Waals surface area contributed by atoms with Gasteiger partial charge in [0.25, 0.3) is 5.91 Å². The van der Waals surface area contributed by atoms with E-state index in [4.69, 9.17) is 0 Å².